The number of hydrogen-bond donors (Lipinski definition) is 2. The number of nitrogens with zero attached hydrogens (tertiary/aromatic N) is 1. The highest BCUT2D eigenvalue weighted by atomic mass is 19.4. The molecule has 2 N–H and O–H groups in total. The number of hydrogen-bond acceptors (Lipinski definition) is 5. The maximum Gasteiger partial charge on any atom is 0.422 e. The number of carbonyl (C=O) groups excluding carboxylic acids is 2. The van der Waals surface area contributed by atoms with E-state index in [0.717, 1.165) is 0 Å². The van der Waals surface area contributed by atoms with Crippen molar-refractivity contribution >= 4 is 17.7 Å². The van der Waals surface area contributed by atoms with E-state index in [4.69, 9.17) is 4.74 Å². The summed E-state index contributed by atoms with van der Waals surface area (Å²) in [6.45, 7) is 3.79. The lowest BCUT2D eigenvalue weighted by atomic mass is 10.1. The molecular weight excluding hydrogens is 403 g/mol. The van der Waals surface area contributed by atoms with Gasteiger partial charge in [0.15, 0.2) is 6.61 Å². The molecule has 0 spiro atoms. The summed E-state index contributed by atoms with van der Waals surface area (Å²) in [7, 11) is 0. The molecule has 1 aromatic carbocycles. The smallest absolute Gasteiger partial charge is 0.422 e. The fraction of sp³-hybridized carbons (Fsp3) is 0.350. The van der Waals surface area contributed by atoms with Gasteiger partial charge in [0.05, 0.1) is 0 Å². The molecule has 0 radical (unpaired) electrons. The van der Waals surface area contributed by atoms with Crippen molar-refractivity contribution in [3.63, 3.8) is 0 Å². The average molecular weight is 425 g/mol. The summed E-state index contributed by atoms with van der Waals surface area (Å²) in [5, 5.41) is 5.19. The summed E-state index contributed by atoms with van der Waals surface area (Å²) in [6, 6.07) is 9.09. The monoisotopic (exact) mass is 425 g/mol. The van der Waals surface area contributed by atoms with Crippen LogP contribution in [0.2, 0.25) is 0 Å². The molecule has 0 aliphatic rings. The van der Waals surface area contributed by atoms with Crippen LogP contribution >= 0.6 is 0 Å². The molecule has 2 rings (SSSR count). The second-order valence-corrected chi connectivity index (χ2v) is 7.30. The van der Waals surface area contributed by atoms with Gasteiger partial charge in [-0.1, -0.05) is 6.07 Å². The molecule has 0 unspecified atom stereocenters. The van der Waals surface area contributed by atoms with E-state index in [0.29, 0.717) is 11.3 Å². The molecule has 0 aliphatic carbocycles. The highest BCUT2D eigenvalue weighted by molar-refractivity contribution is 5.96. The third-order valence-corrected chi connectivity index (χ3v) is 3.41. The fourth-order valence-electron chi connectivity index (χ4n) is 2.24. The molecule has 30 heavy (non-hydrogen) atoms. The molecular formula is C20H22F3N3O4. The van der Waals surface area contributed by atoms with Gasteiger partial charge >= 0.3 is 12.3 Å². The first kappa shape index (κ1) is 23.0. The predicted octanol–water partition coefficient (Wildman–Crippen LogP) is 4.30. The molecule has 2 aromatic rings. The lowest BCUT2D eigenvalue weighted by molar-refractivity contribution is -0.154. The molecule has 2 amide bonds. The Morgan fingerprint density at radius 1 is 1.10 bits per heavy atom. The maximum atomic E-state index is 12.4. The molecule has 0 bridgehead atoms. The largest absolute Gasteiger partial charge is 0.468 e. The van der Waals surface area contributed by atoms with Gasteiger partial charge in [0.1, 0.15) is 5.60 Å². The van der Waals surface area contributed by atoms with Crippen LogP contribution in [0.5, 0.6) is 5.88 Å². The van der Waals surface area contributed by atoms with Gasteiger partial charge in [0.25, 0.3) is 5.91 Å². The second kappa shape index (κ2) is 9.47. The number of ether oxygens (including phenoxy) is 2. The first-order valence-electron chi connectivity index (χ1n) is 8.94. The number of rotatable bonds is 6. The van der Waals surface area contributed by atoms with Gasteiger partial charge in [-0.15, -0.1) is 0 Å². The van der Waals surface area contributed by atoms with Crippen molar-refractivity contribution in [1.29, 1.82) is 0 Å². The number of anilines is 1. The van der Waals surface area contributed by atoms with Crippen LogP contribution < -0.4 is 15.4 Å². The van der Waals surface area contributed by atoms with Crippen LogP contribution in [0.4, 0.5) is 23.7 Å². The molecule has 7 nitrogen and oxygen atoms in total. The predicted molar refractivity (Wildman–Crippen MR) is 103 cm³/mol. The fourth-order valence-corrected chi connectivity index (χ4v) is 2.24. The summed E-state index contributed by atoms with van der Waals surface area (Å²) in [5.74, 6) is -0.625. The second-order valence-electron chi connectivity index (χ2n) is 7.30. The number of amides is 2. The van der Waals surface area contributed by atoms with Crippen molar-refractivity contribution in [3.05, 3.63) is 53.7 Å². The topological polar surface area (TPSA) is 89.5 Å². The number of nitrogens with one attached hydrogen (secondary N) is 2. The van der Waals surface area contributed by atoms with Gasteiger partial charge in [-0.05, 0) is 50.6 Å². The first-order valence-corrected chi connectivity index (χ1v) is 8.94. The van der Waals surface area contributed by atoms with Crippen molar-refractivity contribution in [1.82, 2.24) is 10.3 Å². The SMILES string of the molecule is CC(C)(C)OC(=O)Nc1cccc(C(=O)NCc2ccnc(OCC(F)(F)F)c2)c1. The van der Waals surface area contributed by atoms with Gasteiger partial charge in [0.2, 0.25) is 5.88 Å². The third kappa shape index (κ3) is 8.38. The average Bonchev–Trinajstić information content (AvgIpc) is 2.63. The minimum Gasteiger partial charge on any atom is -0.468 e. The highest BCUT2D eigenvalue weighted by Gasteiger charge is 2.28. The molecule has 0 aliphatic heterocycles. The third-order valence-electron chi connectivity index (χ3n) is 3.41. The van der Waals surface area contributed by atoms with Gasteiger partial charge in [-0.25, -0.2) is 9.78 Å². The zero-order valence-electron chi connectivity index (χ0n) is 16.7. The van der Waals surface area contributed by atoms with Crippen LogP contribution in [0.1, 0.15) is 36.7 Å². The van der Waals surface area contributed by atoms with E-state index in [1.807, 2.05) is 0 Å². The quantitative estimate of drug-likeness (QED) is 0.720. The molecule has 1 aromatic heterocycles. The van der Waals surface area contributed by atoms with E-state index in [1.54, 1.807) is 45.0 Å². The molecule has 162 valence electrons. The number of pyridine rings is 1. The van der Waals surface area contributed by atoms with Crippen LogP contribution in [0.25, 0.3) is 0 Å². The maximum absolute atomic E-state index is 12.4. The number of carbonyl (C=O) groups is 2. The summed E-state index contributed by atoms with van der Waals surface area (Å²) in [6.07, 6.45) is -3.83. The van der Waals surface area contributed by atoms with E-state index < -0.39 is 30.4 Å². The van der Waals surface area contributed by atoms with Crippen LogP contribution in [0, 0.1) is 0 Å². The van der Waals surface area contributed by atoms with Crippen LogP contribution in [-0.4, -0.2) is 35.4 Å². The van der Waals surface area contributed by atoms with Gasteiger partial charge in [-0.3, -0.25) is 10.1 Å². The van der Waals surface area contributed by atoms with Crippen molar-refractivity contribution in [2.24, 2.45) is 0 Å². The lowest BCUT2D eigenvalue weighted by Crippen LogP contribution is -2.27. The molecule has 0 fully saturated rings. The number of halogens is 3. The highest BCUT2D eigenvalue weighted by Crippen LogP contribution is 2.18. The van der Waals surface area contributed by atoms with E-state index in [1.165, 1.54) is 18.3 Å². The Kier molecular flexibility index (Phi) is 7.25. The summed E-state index contributed by atoms with van der Waals surface area (Å²) < 4.78 is 46.4. The summed E-state index contributed by atoms with van der Waals surface area (Å²) in [5.41, 5.74) is 0.514. The summed E-state index contributed by atoms with van der Waals surface area (Å²) >= 11 is 0. The summed E-state index contributed by atoms with van der Waals surface area (Å²) in [4.78, 5) is 27.9. The molecule has 10 heteroatoms. The Bertz CT molecular complexity index is 895. The Morgan fingerprint density at radius 3 is 2.50 bits per heavy atom. The van der Waals surface area contributed by atoms with Gasteiger partial charge < -0.3 is 14.8 Å². The minimum absolute atomic E-state index is 0.0491. The Balaban J connectivity index is 1.94. The van der Waals surface area contributed by atoms with E-state index in [2.05, 4.69) is 20.4 Å². The number of aromatic nitrogens is 1. The Morgan fingerprint density at radius 2 is 1.83 bits per heavy atom. The number of alkyl halides is 3. The molecule has 0 atom stereocenters. The van der Waals surface area contributed by atoms with Crippen molar-refractivity contribution in [3.8, 4) is 5.88 Å². The van der Waals surface area contributed by atoms with E-state index >= 15 is 0 Å². The Labute approximate surface area is 171 Å². The van der Waals surface area contributed by atoms with Crippen molar-refractivity contribution in [2.45, 2.75) is 39.1 Å². The van der Waals surface area contributed by atoms with E-state index in [9.17, 15) is 22.8 Å². The van der Waals surface area contributed by atoms with Crippen LogP contribution in [0.15, 0.2) is 42.6 Å². The lowest BCUT2D eigenvalue weighted by Gasteiger charge is -2.19. The Hall–Kier alpha value is -3.30. The van der Waals surface area contributed by atoms with E-state index in [-0.39, 0.29) is 18.0 Å². The van der Waals surface area contributed by atoms with Crippen molar-refractivity contribution < 1.29 is 32.2 Å². The van der Waals surface area contributed by atoms with Crippen molar-refractivity contribution in [2.75, 3.05) is 11.9 Å². The van der Waals surface area contributed by atoms with Crippen LogP contribution in [0.3, 0.4) is 0 Å². The normalized spacial score (nSPS) is 11.5. The number of benzene rings is 1. The standard InChI is InChI=1S/C20H22F3N3O4/c1-19(2,3)30-18(28)26-15-6-4-5-14(10-15)17(27)25-11-13-7-8-24-16(9-13)29-12-20(21,22)23/h4-10H,11-12H2,1-3H3,(H,25,27)(H,26,28). The minimum atomic E-state index is -4.47. The van der Waals surface area contributed by atoms with Gasteiger partial charge in [0, 0.05) is 30.1 Å². The van der Waals surface area contributed by atoms with Gasteiger partial charge in [-0.2, -0.15) is 13.2 Å². The van der Waals surface area contributed by atoms with Crippen LogP contribution in [-0.2, 0) is 11.3 Å². The zero-order chi connectivity index (χ0) is 22.4. The molecule has 0 saturated heterocycles. The zero-order valence-corrected chi connectivity index (χ0v) is 16.7. The molecule has 1 heterocycles. The first-order chi connectivity index (χ1) is 13.9. The molecule has 0 saturated carbocycles.